The fourth-order valence-electron chi connectivity index (χ4n) is 2.10. The number of hydrogen-bond acceptors (Lipinski definition) is 2. The van der Waals surface area contributed by atoms with Gasteiger partial charge in [-0.15, -0.1) is 0 Å². The molecule has 0 spiro atoms. The lowest BCUT2D eigenvalue weighted by Crippen LogP contribution is -2.18. The summed E-state index contributed by atoms with van der Waals surface area (Å²) in [5, 5.41) is 9.50. The molecule has 2 rings (SSSR count). The third-order valence-electron chi connectivity index (χ3n) is 3.53. The molecule has 0 amide bonds. The van der Waals surface area contributed by atoms with Crippen molar-refractivity contribution in [2.75, 3.05) is 18.5 Å². The Balaban J connectivity index is 2.12. The smallest absolute Gasteiger partial charge is 0.114 e. The van der Waals surface area contributed by atoms with E-state index in [4.69, 9.17) is 0 Å². The van der Waals surface area contributed by atoms with Gasteiger partial charge in [-0.3, -0.25) is 0 Å². The molecule has 0 aliphatic heterocycles. The maximum absolute atomic E-state index is 9.50. The van der Waals surface area contributed by atoms with Crippen LogP contribution in [-0.4, -0.2) is 24.8 Å². The number of rotatable bonds is 3. The van der Waals surface area contributed by atoms with Crippen molar-refractivity contribution in [1.29, 1.82) is 0 Å². The summed E-state index contributed by atoms with van der Waals surface area (Å²) in [4.78, 5) is 2.02. The fraction of sp³-hybridized carbons (Fsp3) is 0.217. The molecule has 0 bridgehead atoms. The van der Waals surface area contributed by atoms with Gasteiger partial charge < -0.3 is 10.0 Å². The number of aliphatic hydroxyl groups excluding tert-OH is 1. The number of hydrogen-bond donors (Lipinski definition) is 1. The first-order valence-electron chi connectivity index (χ1n) is 8.24. The lowest BCUT2D eigenvalue weighted by atomic mass is 10.1. The van der Waals surface area contributed by atoms with Crippen molar-refractivity contribution in [2.45, 2.75) is 19.4 Å². The number of aliphatic hydroxyl groups is 1. The standard InChI is InChI=1S/C23H21NO/c1-3-22(25)17-11-19-24(2)23-18-10-9-16-21(23)15-8-7-14-20-12-5-4-6-13-20/h4-6,9-10,12-13,16,18,22,25H,3,19H2,1-2H3. The predicted molar refractivity (Wildman–Crippen MR) is 104 cm³/mol. The zero-order valence-electron chi connectivity index (χ0n) is 14.6. The van der Waals surface area contributed by atoms with Crippen LogP contribution in [0.1, 0.15) is 24.5 Å². The maximum Gasteiger partial charge on any atom is 0.114 e. The molecule has 0 radical (unpaired) electrons. The second-order valence-corrected chi connectivity index (χ2v) is 5.48. The van der Waals surface area contributed by atoms with E-state index in [9.17, 15) is 5.11 Å². The summed E-state index contributed by atoms with van der Waals surface area (Å²) < 4.78 is 0. The van der Waals surface area contributed by atoms with E-state index < -0.39 is 6.10 Å². The van der Waals surface area contributed by atoms with Crippen molar-refractivity contribution >= 4 is 5.69 Å². The van der Waals surface area contributed by atoms with Crippen LogP contribution in [0.3, 0.4) is 0 Å². The Labute approximate surface area is 150 Å². The van der Waals surface area contributed by atoms with Gasteiger partial charge in [0.2, 0.25) is 0 Å². The molecule has 0 saturated carbocycles. The van der Waals surface area contributed by atoms with Crippen molar-refractivity contribution in [3.05, 3.63) is 65.7 Å². The molecule has 25 heavy (non-hydrogen) atoms. The SMILES string of the molecule is CCC(O)C#CCN(C)c1ccccc1C#CC#Cc1ccccc1. The van der Waals surface area contributed by atoms with Crippen LogP contribution in [0, 0.1) is 35.5 Å². The summed E-state index contributed by atoms with van der Waals surface area (Å²) in [6, 6.07) is 17.7. The summed E-state index contributed by atoms with van der Waals surface area (Å²) in [7, 11) is 1.96. The molecule has 0 heterocycles. The van der Waals surface area contributed by atoms with Crippen LogP contribution in [0.2, 0.25) is 0 Å². The minimum absolute atomic E-state index is 0.533. The molecule has 2 nitrogen and oxygen atoms in total. The van der Waals surface area contributed by atoms with Gasteiger partial charge in [0, 0.05) is 18.2 Å². The molecule has 2 heteroatoms. The molecule has 0 fully saturated rings. The zero-order chi connectivity index (χ0) is 17.9. The van der Waals surface area contributed by atoms with Crippen molar-refractivity contribution in [3.8, 4) is 35.5 Å². The lowest BCUT2D eigenvalue weighted by molar-refractivity contribution is 0.228. The highest BCUT2D eigenvalue weighted by Gasteiger charge is 2.03. The molecule has 0 aliphatic carbocycles. The zero-order valence-corrected chi connectivity index (χ0v) is 14.6. The Hall–Kier alpha value is -3.12. The minimum Gasteiger partial charge on any atom is -0.380 e. The third-order valence-corrected chi connectivity index (χ3v) is 3.53. The van der Waals surface area contributed by atoms with Crippen molar-refractivity contribution in [2.24, 2.45) is 0 Å². The molecule has 1 atom stereocenters. The monoisotopic (exact) mass is 327 g/mol. The molecule has 0 aliphatic rings. The first kappa shape index (κ1) is 18.2. The van der Waals surface area contributed by atoms with Crippen LogP contribution in [-0.2, 0) is 0 Å². The second-order valence-electron chi connectivity index (χ2n) is 5.48. The van der Waals surface area contributed by atoms with E-state index in [0.717, 1.165) is 16.8 Å². The average Bonchev–Trinajstić information content (AvgIpc) is 2.66. The average molecular weight is 327 g/mol. The van der Waals surface area contributed by atoms with Crippen LogP contribution >= 0.6 is 0 Å². The van der Waals surface area contributed by atoms with E-state index in [2.05, 4.69) is 35.5 Å². The molecule has 1 N–H and O–H groups in total. The number of anilines is 1. The molecule has 2 aromatic rings. The summed E-state index contributed by atoms with van der Waals surface area (Å²) >= 11 is 0. The predicted octanol–water partition coefficient (Wildman–Crippen LogP) is 3.30. The Bertz CT molecular complexity index is 867. The summed E-state index contributed by atoms with van der Waals surface area (Å²) in [5.41, 5.74) is 2.86. The Kier molecular flexibility index (Phi) is 7.21. The number of nitrogens with zero attached hydrogens (tertiary/aromatic N) is 1. The van der Waals surface area contributed by atoms with Gasteiger partial charge in [-0.1, -0.05) is 60.9 Å². The molecule has 0 aromatic heterocycles. The summed E-state index contributed by atoms with van der Waals surface area (Å²) in [5.74, 6) is 17.8. The van der Waals surface area contributed by atoms with Crippen LogP contribution in [0.4, 0.5) is 5.69 Å². The Morgan fingerprint density at radius 3 is 2.40 bits per heavy atom. The van der Waals surface area contributed by atoms with Crippen LogP contribution in [0.25, 0.3) is 0 Å². The van der Waals surface area contributed by atoms with Gasteiger partial charge in [-0.05, 0) is 42.5 Å². The molecular formula is C23H21NO. The highest BCUT2D eigenvalue weighted by Crippen LogP contribution is 2.17. The largest absolute Gasteiger partial charge is 0.380 e. The normalized spacial score (nSPS) is 10.2. The van der Waals surface area contributed by atoms with E-state index in [0.29, 0.717) is 13.0 Å². The first-order valence-corrected chi connectivity index (χ1v) is 8.24. The van der Waals surface area contributed by atoms with E-state index in [1.54, 1.807) is 0 Å². The fourth-order valence-corrected chi connectivity index (χ4v) is 2.10. The van der Waals surface area contributed by atoms with Crippen LogP contribution in [0.15, 0.2) is 54.6 Å². The third kappa shape index (κ3) is 6.12. The quantitative estimate of drug-likeness (QED) is 0.875. The Morgan fingerprint density at radius 1 is 0.960 bits per heavy atom. The van der Waals surface area contributed by atoms with Gasteiger partial charge >= 0.3 is 0 Å². The molecule has 2 aromatic carbocycles. The van der Waals surface area contributed by atoms with Crippen LogP contribution < -0.4 is 4.90 Å². The highest BCUT2D eigenvalue weighted by atomic mass is 16.3. The van der Waals surface area contributed by atoms with E-state index in [1.165, 1.54) is 0 Å². The van der Waals surface area contributed by atoms with Gasteiger partial charge in [0.15, 0.2) is 0 Å². The number of benzene rings is 2. The van der Waals surface area contributed by atoms with E-state index >= 15 is 0 Å². The van der Waals surface area contributed by atoms with Crippen molar-refractivity contribution in [1.82, 2.24) is 0 Å². The number of para-hydroxylation sites is 1. The highest BCUT2D eigenvalue weighted by molar-refractivity contribution is 5.62. The molecule has 0 saturated heterocycles. The van der Waals surface area contributed by atoms with Gasteiger partial charge in [-0.2, -0.15) is 0 Å². The van der Waals surface area contributed by atoms with Gasteiger partial charge in [0.05, 0.1) is 12.2 Å². The molecular weight excluding hydrogens is 306 g/mol. The van der Waals surface area contributed by atoms with Crippen molar-refractivity contribution < 1.29 is 5.11 Å². The van der Waals surface area contributed by atoms with Gasteiger partial charge in [0.25, 0.3) is 0 Å². The molecule has 124 valence electrons. The van der Waals surface area contributed by atoms with E-state index in [-0.39, 0.29) is 0 Å². The summed E-state index contributed by atoms with van der Waals surface area (Å²) in [6.07, 6.45) is 0.0791. The van der Waals surface area contributed by atoms with E-state index in [1.807, 2.05) is 73.5 Å². The Morgan fingerprint density at radius 2 is 1.64 bits per heavy atom. The van der Waals surface area contributed by atoms with Crippen molar-refractivity contribution in [3.63, 3.8) is 0 Å². The maximum atomic E-state index is 9.50. The van der Waals surface area contributed by atoms with Gasteiger partial charge in [0.1, 0.15) is 6.10 Å². The van der Waals surface area contributed by atoms with Gasteiger partial charge in [-0.25, -0.2) is 0 Å². The topological polar surface area (TPSA) is 23.5 Å². The van der Waals surface area contributed by atoms with Crippen LogP contribution in [0.5, 0.6) is 0 Å². The lowest BCUT2D eigenvalue weighted by Gasteiger charge is -2.17. The second kappa shape index (κ2) is 9.89. The minimum atomic E-state index is -0.559. The first-order chi connectivity index (χ1) is 12.2. The molecule has 1 unspecified atom stereocenters. The summed E-state index contributed by atoms with van der Waals surface area (Å²) in [6.45, 7) is 2.44.